The molecule has 1 amide bonds. The van der Waals surface area contributed by atoms with Gasteiger partial charge < -0.3 is 9.73 Å². The fourth-order valence-electron chi connectivity index (χ4n) is 2.59. The number of hydrogen-bond acceptors (Lipinski definition) is 5. The second-order valence-corrected chi connectivity index (χ2v) is 7.88. The second-order valence-electron chi connectivity index (χ2n) is 5.65. The minimum atomic E-state index is -2.98. The zero-order valence-electron chi connectivity index (χ0n) is 12.6. The summed E-state index contributed by atoms with van der Waals surface area (Å²) in [5, 5.41) is 2.76. The average Bonchev–Trinajstić information content (AvgIpc) is 3.13. The molecular weight excluding hydrogens is 316 g/mol. The molecule has 1 atom stereocenters. The molecule has 1 aromatic heterocycles. The number of benzene rings is 1. The zero-order chi connectivity index (χ0) is 16.3. The van der Waals surface area contributed by atoms with Crippen LogP contribution in [0.1, 0.15) is 18.7 Å². The highest BCUT2D eigenvalue weighted by Gasteiger charge is 2.28. The summed E-state index contributed by atoms with van der Waals surface area (Å²) in [5.74, 6) is 1.18. The van der Waals surface area contributed by atoms with Crippen LogP contribution in [0.4, 0.5) is 0 Å². The molecule has 0 saturated carbocycles. The molecular formula is C16H18N2O4S. The van der Waals surface area contributed by atoms with E-state index in [9.17, 15) is 13.2 Å². The number of aryl methyl sites for hydroxylation is 1. The van der Waals surface area contributed by atoms with Crippen LogP contribution in [0.25, 0.3) is 11.3 Å². The Labute approximate surface area is 134 Å². The molecule has 7 heteroatoms. The molecule has 1 aliphatic heterocycles. The normalized spacial score (nSPS) is 19.6. The predicted octanol–water partition coefficient (Wildman–Crippen LogP) is 1.58. The van der Waals surface area contributed by atoms with Gasteiger partial charge in [-0.1, -0.05) is 30.3 Å². The van der Waals surface area contributed by atoms with Crippen molar-refractivity contribution in [2.45, 2.75) is 25.3 Å². The van der Waals surface area contributed by atoms with Gasteiger partial charge in [-0.25, -0.2) is 13.4 Å². The predicted molar refractivity (Wildman–Crippen MR) is 85.5 cm³/mol. The van der Waals surface area contributed by atoms with Gasteiger partial charge in [-0.3, -0.25) is 4.79 Å². The first-order valence-corrected chi connectivity index (χ1v) is 9.34. The molecule has 2 heterocycles. The van der Waals surface area contributed by atoms with E-state index in [1.54, 1.807) is 6.20 Å². The first-order valence-electron chi connectivity index (χ1n) is 7.52. The fraction of sp³-hybridized carbons (Fsp3) is 0.375. The molecule has 2 aromatic rings. The lowest BCUT2D eigenvalue weighted by Crippen LogP contribution is -2.35. The van der Waals surface area contributed by atoms with Crippen LogP contribution >= 0.6 is 0 Å². The van der Waals surface area contributed by atoms with Gasteiger partial charge in [0.05, 0.1) is 17.7 Å². The third-order valence-electron chi connectivity index (χ3n) is 3.78. The lowest BCUT2D eigenvalue weighted by Gasteiger charge is -2.09. The first-order chi connectivity index (χ1) is 11.0. The number of amides is 1. The smallest absolute Gasteiger partial charge is 0.220 e. The number of nitrogens with one attached hydrogen (secondary N) is 1. The number of sulfone groups is 1. The molecule has 0 unspecified atom stereocenters. The van der Waals surface area contributed by atoms with Crippen LogP contribution in [-0.4, -0.2) is 36.9 Å². The second kappa shape index (κ2) is 6.54. The summed E-state index contributed by atoms with van der Waals surface area (Å²) in [7, 11) is -2.98. The molecule has 0 bridgehead atoms. The summed E-state index contributed by atoms with van der Waals surface area (Å²) < 4.78 is 28.4. The minimum absolute atomic E-state index is 0.0376. The highest BCUT2D eigenvalue weighted by Crippen LogP contribution is 2.20. The van der Waals surface area contributed by atoms with Crippen molar-refractivity contribution in [2.24, 2.45) is 0 Å². The van der Waals surface area contributed by atoms with E-state index in [0.29, 0.717) is 24.5 Å². The van der Waals surface area contributed by atoms with Crippen molar-refractivity contribution in [3.63, 3.8) is 0 Å². The fourth-order valence-corrected chi connectivity index (χ4v) is 4.26. The highest BCUT2D eigenvalue weighted by atomic mass is 32.2. The molecule has 0 spiro atoms. The molecule has 3 rings (SSSR count). The van der Waals surface area contributed by atoms with E-state index in [0.717, 1.165) is 5.56 Å². The number of nitrogens with zero attached hydrogens (tertiary/aromatic N) is 1. The van der Waals surface area contributed by atoms with Gasteiger partial charge in [0.1, 0.15) is 0 Å². The Morgan fingerprint density at radius 1 is 1.30 bits per heavy atom. The van der Waals surface area contributed by atoms with E-state index in [4.69, 9.17) is 4.42 Å². The quantitative estimate of drug-likeness (QED) is 0.896. The summed E-state index contributed by atoms with van der Waals surface area (Å²) in [6, 6.07) is 9.35. The van der Waals surface area contributed by atoms with E-state index < -0.39 is 9.84 Å². The topological polar surface area (TPSA) is 89.3 Å². The number of carbonyl (C=O) groups excluding carboxylic acids is 1. The van der Waals surface area contributed by atoms with Gasteiger partial charge in [-0.15, -0.1) is 0 Å². The van der Waals surface area contributed by atoms with E-state index in [1.807, 2.05) is 30.3 Å². The van der Waals surface area contributed by atoms with Crippen LogP contribution in [0, 0.1) is 0 Å². The Hall–Kier alpha value is -2.15. The van der Waals surface area contributed by atoms with E-state index >= 15 is 0 Å². The first kappa shape index (κ1) is 15.7. The SMILES string of the molecule is O=C(CCc1ncc(-c2ccccc2)o1)N[C@H]1CCS(=O)(=O)C1. The van der Waals surface area contributed by atoms with Crippen molar-refractivity contribution in [1.82, 2.24) is 10.3 Å². The minimum Gasteiger partial charge on any atom is -0.441 e. The number of rotatable bonds is 5. The number of aromatic nitrogens is 1. The Bertz CT molecular complexity index is 783. The van der Waals surface area contributed by atoms with Crippen LogP contribution in [0.15, 0.2) is 40.9 Å². The van der Waals surface area contributed by atoms with Crippen molar-refractivity contribution in [1.29, 1.82) is 0 Å². The molecule has 1 saturated heterocycles. The maximum Gasteiger partial charge on any atom is 0.220 e. The molecule has 0 aliphatic carbocycles. The average molecular weight is 334 g/mol. The maximum absolute atomic E-state index is 11.9. The third-order valence-corrected chi connectivity index (χ3v) is 5.54. The highest BCUT2D eigenvalue weighted by molar-refractivity contribution is 7.91. The van der Waals surface area contributed by atoms with E-state index in [1.165, 1.54) is 0 Å². The Kier molecular flexibility index (Phi) is 4.47. The molecule has 1 fully saturated rings. The summed E-state index contributed by atoms with van der Waals surface area (Å²) in [5.41, 5.74) is 0.937. The zero-order valence-corrected chi connectivity index (χ0v) is 13.4. The van der Waals surface area contributed by atoms with Crippen LogP contribution in [0.2, 0.25) is 0 Å². The van der Waals surface area contributed by atoms with Crippen LogP contribution in [0.3, 0.4) is 0 Å². The molecule has 23 heavy (non-hydrogen) atoms. The third kappa shape index (κ3) is 4.19. The maximum atomic E-state index is 11.9. The van der Waals surface area contributed by atoms with Gasteiger partial charge >= 0.3 is 0 Å². The number of oxazole rings is 1. The van der Waals surface area contributed by atoms with Crippen LogP contribution in [0.5, 0.6) is 0 Å². The number of hydrogen-bond donors (Lipinski definition) is 1. The summed E-state index contributed by atoms with van der Waals surface area (Å²) in [6.45, 7) is 0. The Balaban J connectivity index is 1.51. The van der Waals surface area contributed by atoms with Crippen LogP contribution < -0.4 is 5.32 Å². The Morgan fingerprint density at radius 2 is 2.09 bits per heavy atom. The van der Waals surface area contributed by atoms with Gasteiger partial charge in [0.25, 0.3) is 0 Å². The summed E-state index contributed by atoms with van der Waals surface area (Å²) >= 11 is 0. The molecule has 1 N–H and O–H groups in total. The van der Waals surface area contributed by atoms with Crippen molar-refractivity contribution in [2.75, 3.05) is 11.5 Å². The molecule has 122 valence electrons. The van der Waals surface area contributed by atoms with E-state index in [2.05, 4.69) is 10.3 Å². The van der Waals surface area contributed by atoms with Gasteiger partial charge in [0.2, 0.25) is 5.91 Å². The molecule has 1 aromatic carbocycles. The summed E-state index contributed by atoms with van der Waals surface area (Å²) in [4.78, 5) is 16.1. The lowest BCUT2D eigenvalue weighted by molar-refractivity contribution is -0.121. The van der Waals surface area contributed by atoms with Crippen molar-refractivity contribution in [3.05, 3.63) is 42.4 Å². The van der Waals surface area contributed by atoms with Crippen molar-refractivity contribution in [3.8, 4) is 11.3 Å². The standard InChI is InChI=1S/C16H18N2O4S/c19-15(18-13-8-9-23(20,21)11-13)6-7-16-17-10-14(22-16)12-4-2-1-3-5-12/h1-5,10,13H,6-9,11H2,(H,18,19)/t13-/m0/s1. The Morgan fingerprint density at radius 3 is 2.78 bits per heavy atom. The van der Waals surface area contributed by atoms with Gasteiger partial charge in [-0.2, -0.15) is 0 Å². The lowest BCUT2D eigenvalue weighted by atomic mass is 10.2. The van der Waals surface area contributed by atoms with E-state index in [-0.39, 0.29) is 29.9 Å². The van der Waals surface area contributed by atoms with Crippen molar-refractivity contribution >= 4 is 15.7 Å². The molecule has 0 radical (unpaired) electrons. The van der Waals surface area contributed by atoms with Gasteiger partial charge in [-0.05, 0) is 6.42 Å². The van der Waals surface area contributed by atoms with Gasteiger partial charge in [0.15, 0.2) is 21.5 Å². The van der Waals surface area contributed by atoms with Crippen LogP contribution in [-0.2, 0) is 21.1 Å². The monoisotopic (exact) mass is 334 g/mol. The van der Waals surface area contributed by atoms with Gasteiger partial charge in [0, 0.05) is 24.4 Å². The molecule has 1 aliphatic rings. The summed E-state index contributed by atoms with van der Waals surface area (Å²) in [6.07, 6.45) is 2.75. The number of carbonyl (C=O) groups is 1. The van der Waals surface area contributed by atoms with Crippen molar-refractivity contribution < 1.29 is 17.6 Å². The molecule has 6 nitrogen and oxygen atoms in total. The largest absolute Gasteiger partial charge is 0.441 e.